The van der Waals surface area contributed by atoms with Crippen LogP contribution in [-0.2, 0) is 0 Å². The van der Waals surface area contributed by atoms with Crippen LogP contribution in [0.1, 0.15) is 17.4 Å². The van der Waals surface area contributed by atoms with Gasteiger partial charge in [-0.25, -0.2) is 14.4 Å². The van der Waals surface area contributed by atoms with Crippen LogP contribution in [0.3, 0.4) is 0 Å². The van der Waals surface area contributed by atoms with E-state index in [0.717, 1.165) is 0 Å². The number of benzene rings is 2. The molecule has 0 spiro atoms. The zero-order valence-electron chi connectivity index (χ0n) is 14.5. The first-order chi connectivity index (χ1) is 13.0. The molecule has 3 aromatic rings. The van der Waals surface area contributed by atoms with Crippen molar-refractivity contribution in [2.24, 2.45) is 0 Å². The summed E-state index contributed by atoms with van der Waals surface area (Å²) in [6, 6.07) is 13.9. The number of nitrogens with one attached hydrogen (secondary N) is 1. The summed E-state index contributed by atoms with van der Waals surface area (Å²) in [4.78, 5) is 21.3. The van der Waals surface area contributed by atoms with E-state index in [0.29, 0.717) is 27.7 Å². The zero-order valence-corrected chi connectivity index (χ0v) is 15.2. The number of carbonyl (C=O) groups excluding carboxylic acids is 1. The van der Waals surface area contributed by atoms with E-state index in [1.807, 2.05) is 0 Å². The Hall–Kier alpha value is -2.83. The van der Waals surface area contributed by atoms with Crippen LogP contribution in [0.4, 0.5) is 4.39 Å². The summed E-state index contributed by atoms with van der Waals surface area (Å²) in [5.41, 5.74) is 1.73. The number of nitrogens with zero attached hydrogens (tertiary/aromatic N) is 2. The molecule has 138 valence electrons. The van der Waals surface area contributed by atoms with Gasteiger partial charge in [0.05, 0.1) is 12.3 Å². The van der Waals surface area contributed by atoms with E-state index in [1.165, 1.54) is 18.2 Å². The number of aliphatic hydroxyl groups is 1. The van der Waals surface area contributed by atoms with Crippen molar-refractivity contribution in [3.05, 3.63) is 71.1 Å². The quantitative estimate of drug-likeness (QED) is 0.702. The van der Waals surface area contributed by atoms with Crippen molar-refractivity contribution in [3.8, 4) is 22.6 Å². The van der Waals surface area contributed by atoms with E-state index in [-0.39, 0.29) is 12.3 Å². The monoisotopic (exact) mass is 385 g/mol. The standard InChI is InChI=1S/C20H17ClFN3O2/c1-12(11-26)23-20(27)18-10-17(14-3-2-4-16(22)9-14)24-19(25-18)13-5-7-15(21)8-6-13/h2-10,12,26H,11H2,1H3,(H,23,27). The minimum atomic E-state index is -0.452. The van der Waals surface area contributed by atoms with Crippen LogP contribution in [0.15, 0.2) is 54.6 Å². The minimum Gasteiger partial charge on any atom is -0.394 e. The highest BCUT2D eigenvalue weighted by Gasteiger charge is 2.16. The molecule has 0 bridgehead atoms. The molecule has 3 rings (SSSR count). The topological polar surface area (TPSA) is 75.1 Å². The molecule has 1 unspecified atom stereocenters. The first-order valence-corrected chi connectivity index (χ1v) is 8.67. The number of halogens is 2. The van der Waals surface area contributed by atoms with Gasteiger partial charge in [-0.2, -0.15) is 0 Å². The molecule has 1 heterocycles. The Morgan fingerprint density at radius 1 is 1.15 bits per heavy atom. The van der Waals surface area contributed by atoms with Crippen LogP contribution in [0.2, 0.25) is 5.02 Å². The number of aromatic nitrogens is 2. The van der Waals surface area contributed by atoms with Crippen LogP contribution in [0, 0.1) is 5.82 Å². The average molecular weight is 386 g/mol. The summed E-state index contributed by atoms with van der Waals surface area (Å²) in [7, 11) is 0. The third-order valence-corrected chi connectivity index (χ3v) is 4.08. The van der Waals surface area contributed by atoms with Gasteiger partial charge >= 0.3 is 0 Å². The maximum atomic E-state index is 13.6. The third-order valence-electron chi connectivity index (χ3n) is 3.83. The molecule has 2 N–H and O–H groups in total. The van der Waals surface area contributed by atoms with Crippen molar-refractivity contribution >= 4 is 17.5 Å². The molecule has 5 nitrogen and oxygen atoms in total. The van der Waals surface area contributed by atoms with Crippen LogP contribution < -0.4 is 5.32 Å². The van der Waals surface area contributed by atoms with Gasteiger partial charge in [0, 0.05) is 22.2 Å². The van der Waals surface area contributed by atoms with Gasteiger partial charge in [-0.15, -0.1) is 0 Å². The third kappa shape index (κ3) is 4.67. The maximum absolute atomic E-state index is 13.6. The van der Waals surface area contributed by atoms with Gasteiger partial charge < -0.3 is 10.4 Å². The normalized spacial score (nSPS) is 11.9. The fourth-order valence-electron chi connectivity index (χ4n) is 2.43. The van der Waals surface area contributed by atoms with Crippen LogP contribution >= 0.6 is 11.6 Å². The molecule has 0 saturated carbocycles. The van der Waals surface area contributed by atoms with E-state index in [9.17, 15) is 9.18 Å². The maximum Gasteiger partial charge on any atom is 0.270 e. The summed E-state index contributed by atoms with van der Waals surface area (Å²) in [6.07, 6.45) is 0. The lowest BCUT2D eigenvalue weighted by atomic mass is 10.1. The number of hydrogen-bond acceptors (Lipinski definition) is 4. The van der Waals surface area contributed by atoms with Gasteiger partial charge in [-0.05, 0) is 49.4 Å². The summed E-state index contributed by atoms with van der Waals surface area (Å²) in [6.45, 7) is 1.48. The lowest BCUT2D eigenvalue weighted by Gasteiger charge is -2.12. The van der Waals surface area contributed by atoms with Crippen LogP contribution in [-0.4, -0.2) is 33.6 Å². The lowest BCUT2D eigenvalue weighted by Crippen LogP contribution is -2.35. The minimum absolute atomic E-state index is 0.120. The molecule has 7 heteroatoms. The summed E-state index contributed by atoms with van der Waals surface area (Å²) in [5.74, 6) is -0.541. The summed E-state index contributed by atoms with van der Waals surface area (Å²) in [5, 5.41) is 12.4. The van der Waals surface area contributed by atoms with Crippen molar-refractivity contribution in [1.29, 1.82) is 0 Å². The van der Waals surface area contributed by atoms with Crippen molar-refractivity contribution in [2.75, 3.05) is 6.61 Å². The molecule has 2 aromatic carbocycles. The Kier molecular flexibility index (Phi) is 5.78. The van der Waals surface area contributed by atoms with Gasteiger partial charge in [0.25, 0.3) is 5.91 Å². The van der Waals surface area contributed by atoms with Crippen molar-refractivity contribution in [1.82, 2.24) is 15.3 Å². The second-order valence-corrected chi connectivity index (χ2v) is 6.47. The molecule has 0 saturated heterocycles. The van der Waals surface area contributed by atoms with E-state index >= 15 is 0 Å². The smallest absolute Gasteiger partial charge is 0.270 e. The number of aliphatic hydroxyl groups excluding tert-OH is 1. The Morgan fingerprint density at radius 3 is 2.56 bits per heavy atom. The highest BCUT2D eigenvalue weighted by molar-refractivity contribution is 6.30. The molecule has 1 atom stereocenters. The van der Waals surface area contributed by atoms with Gasteiger partial charge in [0.15, 0.2) is 5.82 Å². The molecule has 0 radical (unpaired) electrons. The Balaban J connectivity index is 2.10. The van der Waals surface area contributed by atoms with Gasteiger partial charge in [-0.3, -0.25) is 4.79 Å². The van der Waals surface area contributed by atoms with E-state index < -0.39 is 17.8 Å². The average Bonchev–Trinajstić information content (AvgIpc) is 2.68. The van der Waals surface area contributed by atoms with Crippen LogP contribution in [0.5, 0.6) is 0 Å². The second kappa shape index (κ2) is 8.24. The molecular weight excluding hydrogens is 369 g/mol. The lowest BCUT2D eigenvalue weighted by molar-refractivity contribution is 0.0917. The largest absolute Gasteiger partial charge is 0.394 e. The van der Waals surface area contributed by atoms with Crippen molar-refractivity contribution < 1.29 is 14.3 Å². The van der Waals surface area contributed by atoms with E-state index in [4.69, 9.17) is 16.7 Å². The summed E-state index contributed by atoms with van der Waals surface area (Å²) < 4.78 is 13.6. The second-order valence-electron chi connectivity index (χ2n) is 6.04. The van der Waals surface area contributed by atoms with E-state index in [2.05, 4.69) is 15.3 Å². The number of hydrogen-bond donors (Lipinski definition) is 2. The number of amides is 1. The molecular formula is C20H17ClFN3O2. The highest BCUT2D eigenvalue weighted by Crippen LogP contribution is 2.24. The predicted octanol–water partition coefficient (Wildman–Crippen LogP) is 3.71. The van der Waals surface area contributed by atoms with Crippen molar-refractivity contribution in [3.63, 3.8) is 0 Å². The first kappa shape index (κ1) is 18.9. The fraction of sp³-hybridized carbons (Fsp3) is 0.150. The molecule has 0 aliphatic carbocycles. The van der Waals surface area contributed by atoms with Gasteiger partial charge in [0.1, 0.15) is 11.5 Å². The van der Waals surface area contributed by atoms with Crippen LogP contribution in [0.25, 0.3) is 22.6 Å². The number of carbonyl (C=O) groups is 1. The van der Waals surface area contributed by atoms with E-state index in [1.54, 1.807) is 43.3 Å². The Labute approximate surface area is 160 Å². The van der Waals surface area contributed by atoms with Gasteiger partial charge in [0.2, 0.25) is 0 Å². The van der Waals surface area contributed by atoms with Crippen molar-refractivity contribution in [2.45, 2.75) is 13.0 Å². The zero-order chi connectivity index (χ0) is 19.4. The molecule has 1 aromatic heterocycles. The SMILES string of the molecule is CC(CO)NC(=O)c1cc(-c2cccc(F)c2)nc(-c2ccc(Cl)cc2)n1. The Morgan fingerprint density at radius 2 is 1.89 bits per heavy atom. The molecule has 0 fully saturated rings. The summed E-state index contributed by atoms with van der Waals surface area (Å²) >= 11 is 5.93. The molecule has 27 heavy (non-hydrogen) atoms. The predicted molar refractivity (Wildman–Crippen MR) is 102 cm³/mol. The van der Waals surface area contributed by atoms with Gasteiger partial charge in [-0.1, -0.05) is 23.7 Å². The molecule has 0 aliphatic heterocycles. The fourth-order valence-corrected chi connectivity index (χ4v) is 2.56. The number of rotatable bonds is 5. The molecule has 1 amide bonds. The molecule has 0 aliphatic rings. The highest BCUT2D eigenvalue weighted by atomic mass is 35.5. The Bertz CT molecular complexity index is 964. The first-order valence-electron chi connectivity index (χ1n) is 8.29.